The minimum atomic E-state index is 0.753. The third-order valence-electron chi connectivity index (χ3n) is 3.06. The molecular weight excluding hydrogens is 210 g/mol. The zero-order valence-corrected chi connectivity index (χ0v) is 10.9. The number of nitrogens with one attached hydrogen (secondary N) is 1. The van der Waals surface area contributed by atoms with Crippen LogP contribution < -0.4 is 5.32 Å². The average Bonchev–Trinajstić information content (AvgIpc) is 2.63. The van der Waals surface area contributed by atoms with Gasteiger partial charge < -0.3 is 9.88 Å². The van der Waals surface area contributed by atoms with Crippen molar-refractivity contribution in [2.45, 2.75) is 26.8 Å². The first kappa shape index (κ1) is 12.1. The van der Waals surface area contributed by atoms with Crippen LogP contribution in [-0.2, 0) is 13.6 Å². The third kappa shape index (κ3) is 2.86. The fourth-order valence-corrected chi connectivity index (χ4v) is 1.94. The largest absolute Gasteiger partial charge is 0.330 e. The van der Waals surface area contributed by atoms with Crippen LogP contribution in [0.4, 0.5) is 0 Å². The SMILES string of the molecule is CC(C)CCNCc1nc2ccccc2n1C. The van der Waals surface area contributed by atoms with Crippen LogP contribution in [0.1, 0.15) is 26.1 Å². The molecule has 0 fully saturated rings. The van der Waals surface area contributed by atoms with Crippen LogP contribution >= 0.6 is 0 Å². The van der Waals surface area contributed by atoms with E-state index in [0.29, 0.717) is 0 Å². The van der Waals surface area contributed by atoms with E-state index in [2.05, 4.69) is 54.0 Å². The van der Waals surface area contributed by atoms with E-state index in [1.54, 1.807) is 0 Å². The molecule has 0 spiro atoms. The lowest BCUT2D eigenvalue weighted by atomic mass is 10.1. The maximum atomic E-state index is 4.63. The van der Waals surface area contributed by atoms with Gasteiger partial charge in [-0.25, -0.2) is 4.98 Å². The Hall–Kier alpha value is -1.35. The van der Waals surface area contributed by atoms with Crippen LogP contribution in [-0.4, -0.2) is 16.1 Å². The average molecular weight is 231 g/mol. The van der Waals surface area contributed by atoms with Crippen molar-refractivity contribution < 1.29 is 0 Å². The van der Waals surface area contributed by atoms with E-state index in [-0.39, 0.29) is 0 Å². The summed E-state index contributed by atoms with van der Waals surface area (Å²) < 4.78 is 2.16. The van der Waals surface area contributed by atoms with Gasteiger partial charge in [-0.1, -0.05) is 26.0 Å². The zero-order valence-electron chi connectivity index (χ0n) is 10.9. The van der Waals surface area contributed by atoms with Gasteiger partial charge in [0.2, 0.25) is 0 Å². The predicted molar refractivity (Wildman–Crippen MR) is 71.9 cm³/mol. The van der Waals surface area contributed by atoms with E-state index in [1.165, 1.54) is 11.9 Å². The first-order chi connectivity index (χ1) is 8.18. The minimum absolute atomic E-state index is 0.753. The maximum Gasteiger partial charge on any atom is 0.123 e. The zero-order chi connectivity index (χ0) is 12.3. The highest BCUT2D eigenvalue weighted by Crippen LogP contribution is 2.13. The molecule has 1 aromatic heterocycles. The molecule has 1 heterocycles. The van der Waals surface area contributed by atoms with Crippen molar-refractivity contribution in [3.05, 3.63) is 30.1 Å². The summed E-state index contributed by atoms with van der Waals surface area (Å²) in [6.07, 6.45) is 1.21. The van der Waals surface area contributed by atoms with E-state index >= 15 is 0 Å². The Labute approximate surface area is 103 Å². The molecule has 0 saturated carbocycles. The summed E-state index contributed by atoms with van der Waals surface area (Å²) >= 11 is 0. The molecule has 2 rings (SSSR count). The Balaban J connectivity index is 2.01. The number of aryl methyl sites for hydroxylation is 1. The van der Waals surface area contributed by atoms with Gasteiger partial charge in [-0.15, -0.1) is 0 Å². The molecule has 0 unspecified atom stereocenters. The second-order valence-electron chi connectivity index (χ2n) is 4.94. The van der Waals surface area contributed by atoms with Gasteiger partial charge in [0.15, 0.2) is 0 Å². The van der Waals surface area contributed by atoms with Gasteiger partial charge in [-0.2, -0.15) is 0 Å². The highest BCUT2D eigenvalue weighted by atomic mass is 15.1. The minimum Gasteiger partial charge on any atom is -0.330 e. The quantitative estimate of drug-likeness (QED) is 0.802. The van der Waals surface area contributed by atoms with Crippen LogP contribution in [0.2, 0.25) is 0 Å². The number of nitrogens with zero attached hydrogens (tertiary/aromatic N) is 2. The number of imidazole rings is 1. The van der Waals surface area contributed by atoms with Crippen molar-refractivity contribution in [3.8, 4) is 0 Å². The smallest absolute Gasteiger partial charge is 0.123 e. The van der Waals surface area contributed by atoms with Gasteiger partial charge >= 0.3 is 0 Å². The summed E-state index contributed by atoms with van der Waals surface area (Å²) in [5.41, 5.74) is 2.28. The Morgan fingerprint density at radius 2 is 2.06 bits per heavy atom. The van der Waals surface area contributed by atoms with Crippen LogP contribution in [0.25, 0.3) is 11.0 Å². The summed E-state index contributed by atoms with van der Waals surface area (Å²) in [5, 5.41) is 3.45. The van der Waals surface area contributed by atoms with Gasteiger partial charge in [0.25, 0.3) is 0 Å². The number of hydrogen-bond acceptors (Lipinski definition) is 2. The Morgan fingerprint density at radius 1 is 1.29 bits per heavy atom. The van der Waals surface area contributed by atoms with E-state index < -0.39 is 0 Å². The standard InChI is InChI=1S/C14H21N3/c1-11(2)8-9-15-10-14-16-12-6-4-5-7-13(12)17(14)3/h4-7,11,15H,8-10H2,1-3H3. The maximum absolute atomic E-state index is 4.63. The van der Waals surface area contributed by atoms with Gasteiger partial charge in [0, 0.05) is 7.05 Å². The van der Waals surface area contributed by atoms with Gasteiger partial charge in [-0.3, -0.25) is 0 Å². The topological polar surface area (TPSA) is 29.9 Å². The third-order valence-corrected chi connectivity index (χ3v) is 3.06. The lowest BCUT2D eigenvalue weighted by molar-refractivity contribution is 0.528. The first-order valence-electron chi connectivity index (χ1n) is 6.29. The fourth-order valence-electron chi connectivity index (χ4n) is 1.94. The summed E-state index contributed by atoms with van der Waals surface area (Å²) in [6.45, 7) is 6.40. The lowest BCUT2D eigenvalue weighted by Gasteiger charge is -2.06. The molecule has 3 nitrogen and oxygen atoms in total. The summed E-state index contributed by atoms with van der Waals surface area (Å²) in [6, 6.07) is 8.26. The van der Waals surface area contributed by atoms with Crippen LogP contribution in [0, 0.1) is 5.92 Å². The molecule has 0 radical (unpaired) electrons. The molecule has 17 heavy (non-hydrogen) atoms. The fraction of sp³-hybridized carbons (Fsp3) is 0.500. The van der Waals surface area contributed by atoms with Gasteiger partial charge in [0.1, 0.15) is 5.82 Å². The molecule has 0 atom stereocenters. The Morgan fingerprint density at radius 3 is 2.76 bits per heavy atom. The lowest BCUT2D eigenvalue weighted by Crippen LogP contribution is -2.18. The molecule has 0 aliphatic rings. The van der Waals surface area contributed by atoms with Crippen LogP contribution in [0.3, 0.4) is 0 Å². The van der Waals surface area contributed by atoms with Crippen molar-refractivity contribution in [3.63, 3.8) is 0 Å². The number of aromatic nitrogens is 2. The number of rotatable bonds is 5. The van der Waals surface area contributed by atoms with Crippen molar-refractivity contribution >= 4 is 11.0 Å². The van der Waals surface area contributed by atoms with Crippen molar-refractivity contribution in [1.82, 2.24) is 14.9 Å². The molecule has 0 amide bonds. The molecule has 3 heteroatoms. The van der Waals surface area contributed by atoms with Crippen molar-refractivity contribution in [1.29, 1.82) is 0 Å². The highest BCUT2D eigenvalue weighted by Gasteiger charge is 2.05. The van der Waals surface area contributed by atoms with Gasteiger partial charge in [-0.05, 0) is 31.0 Å². The van der Waals surface area contributed by atoms with Crippen LogP contribution in [0.5, 0.6) is 0 Å². The molecule has 1 N–H and O–H groups in total. The number of hydrogen-bond donors (Lipinski definition) is 1. The molecule has 92 valence electrons. The molecule has 2 aromatic rings. The second kappa shape index (κ2) is 5.32. The van der Waals surface area contributed by atoms with Crippen LogP contribution in [0.15, 0.2) is 24.3 Å². The molecule has 0 aliphatic carbocycles. The second-order valence-corrected chi connectivity index (χ2v) is 4.94. The highest BCUT2D eigenvalue weighted by molar-refractivity contribution is 5.75. The molecular formula is C14H21N3. The molecule has 0 aliphatic heterocycles. The van der Waals surface area contributed by atoms with E-state index in [9.17, 15) is 0 Å². The first-order valence-corrected chi connectivity index (χ1v) is 6.29. The number of benzene rings is 1. The number of para-hydroxylation sites is 2. The van der Waals surface area contributed by atoms with Crippen molar-refractivity contribution in [2.24, 2.45) is 13.0 Å². The summed E-state index contributed by atoms with van der Waals surface area (Å²) in [7, 11) is 2.08. The normalized spacial score (nSPS) is 11.5. The Bertz CT molecular complexity index is 485. The summed E-state index contributed by atoms with van der Waals surface area (Å²) in [5.74, 6) is 1.86. The van der Waals surface area contributed by atoms with Crippen molar-refractivity contribution in [2.75, 3.05) is 6.54 Å². The van der Waals surface area contributed by atoms with E-state index in [1.807, 2.05) is 6.07 Å². The van der Waals surface area contributed by atoms with E-state index in [4.69, 9.17) is 0 Å². The van der Waals surface area contributed by atoms with E-state index in [0.717, 1.165) is 30.3 Å². The molecule has 0 bridgehead atoms. The molecule has 1 aromatic carbocycles. The monoisotopic (exact) mass is 231 g/mol. The summed E-state index contributed by atoms with van der Waals surface area (Å²) in [4.78, 5) is 4.63. The number of fused-ring (bicyclic) bond motifs is 1. The Kier molecular flexibility index (Phi) is 3.79. The van der Waals surface area contributed by atoms with Gasteiger partial charge in [0.05, 0.1) is 17.6 Å². The molecule has 0 saturated heterocycles. The predicted octanol–water partition coefficient (Wildman–Crippen LogP) is 2.71.